The summed E-state index contributed by atoms with van der Waals surface area (Å²) in [5.74, 6) is 0. The van der Waals surface area contributed by atoms with Crippen LogP contribution in [0.25, 0.3) is 0 Å². The zero-order valence-corrected chi connectivity index (χ0v) is 3.85. The summed E-state index contributed by atoms with van der Waals surface area (Å²) < 4.78 is 4.20. The van der Waals surface area contributed by atoms with Crippen LogP contribution < -0.4 is 0 Å². The van der Waals surface area contributed by atoms with E-state index in [1.54, 1.807) is 0 Å². The molecule has 0 heterocycles. The fourth-order valence-electron chi connectivity index (χ4n) is 0.118. The minimum atomic E-state index is -0.676. The van der Waals surface area contributed by atoms with Crippen LogP contribution in [0.1, 0.15) is 13.3 Å². The van der Waals surface area contributed by atoms with Crippen LogP contribution in [-0.2, 0) is 4.74 Å². The van der Waals surface area contributed by atoms with Gasteiger partial charge in [-0.2, -0.15) is 0 Å². The van der Waals surface area contributed by atoms with E-state index >= 15 is 0 Å². The summed E-state index contributed by atoms with van der Waals surface area (Å²) in [5, 5.41) is 8.38. The fraction of sp³-hybridized carbons (Fsp3) is 0.750. The average Bonchev–Trinajstić information content (AvgIpc) is 1.65. The van der Waals surface area contributed by atoms with E-state index in [0.717, 1.165) is 0 Å². The quantitative estimate of drug-likeness (QED) is 0.500. The zero-order chi connectivity index (χ0) is 4.99. The summed E-state index contributed by atoms with van der Waals surface area (Å²) in [6, 6.07) is 0. The first-order valence-electron chi connectivity index (χ1n) is 1.90. The smallest absolute Gasteiger partial charge is 0.154 e. The van der Waals surface area contributed by atoms with Crippen LogP contribution >= 0.6 is 0 Å². The van der Waals surface area contributed by atoms with E-state index in [1.807, 2.05) is 6.92 Å². The predicted molar refractivity (Wildman–Crippen MR) is 22.7 cm³/mol. The van der Waals surface area contributed by atoms with Gasteiger partial charge < -0.3 is 9.84 Å². The van der Waals surface area contributed by atoms with E-state index in [9.17, 15) is 0 Å². The lowest BCUT2D eigenvalue weighted by molar-refractivity contribution is -0.0561. The molecule has 0 aliphatic carbocycles. The van der Waals surface area contributed by atoms with Crippen LogP contribution in [0.4, 0.5) is 0 Å². The predicted octanol–water partition coefficient (Wildman–Crippen LogP) is 0.523. The van der Waals surface area contributed by atoms with E-state index in [4.69, 9.17) is 5.11 Å². The summed E-state index contributed by atoms with van der Waals surface area (Å²) in [7, 11) is 3.01. The number of ether oxygens (including phenoxy) is 1. The topological polar surface area (TPSA) is 29.5 Å². The molecule has 0 amide bonds. The number of aliphatic hydroxyl groups excluding tert-OH is 1. The van der Waals surface area contributed by atoms with Gasteiger partial charge in [-0.05, 0) is 6.42 Å². The van der Waals surface area contributed by atoms with Crippen molar-refractivity contribution in [3.63, 3.8) is 0 Å². The third-order valence-corrected chi connectivity index (χ3v) is 0.542. The van der Waals surface area contributed by atoms with Crippen molar-refractivity contribution in [1.29, 1.82) is 0 Å². The molecule has 2 heteroatoms. The highest BCUT2D eigenvalue weighted by atomic mass is 16.6. The Labute approximate surface area is 37.7 Å². The van der Waals surface area contributed by atoms with Gasteiger partial charge in [0.15, 0.2) is 6.29 Å². The monoisotopic (exact) mass is 89.1 g/mol. The van der Waals surface area contributed by atoms with Gasteiger partial charge in [-0.3, -0.25) is 0 Å². The number of hydrogen-bond donors (Lipinski definition) is 1. The second kappa shape index (κ2) is 3.12. The molecule has 1 atom stereocenters. The molecule has 0 aromatic carbocycles. The summed E-state index contributed by atoms with van der Waals surface area (Å²) >= 11 is 0. The highest BCUT2D eigenvalue weighted by Gasteiger charge is 1.90. The normalized spacial score (nSPS) is 14.5. The third kappa shape index (κ3) is 2.18. The lowest BCUT2D eigenvalue weighted by atomic mass is 10.5. The molecule has 0 spiro atoms. The van der Waals surface area contributed by atoms with Crippen LogP contribution in [0.3, 0.4) is 0 Å². The molecular formula is C4H9O2. The molecule has 6 heavy (non-hydrogen) atoms. The summed E-state index contributed by atoms with van der Waals surface area (Å²) in [5.41, 5.74) is 0. The highest BCUT2D eigenvalue weighted by molar-refractivity contribution is 4.29. The van der Waals surface area contributed by atoms with Gasteiger partial charge in [0, 0.05) is 0 Å². The Hall–Kier alpha value is -0.0800. The first-order chi connectivity index (χ1) is 2.81. The molecule has 0 saturated heterocycles. The maximum atomic E-state index is 8.38. The van der Waals surface area contributed by atoms with Crippen molar-refractivity contribution in [3.05, 3.63) is 7.11 Å². The molecule has 2 nitrogen and oxygen atoms in total. The van der Waals surface area contributed by atoms with Crippen molar-refractivity contribution in [2.75, 3.05) is 0 Å². The molecule has 1 N–H and O–H groups in total. The van der Waals surface area contributed by atoms with E-state index in [0.29, 0.717) is 6.42 Å². The number of hydrogen-bond acceptors (Lipinski definition) is 2. The highest BCUT2D eigenvalue weighted by Crippen LogP contribution is 1.87. The van der Waals surface area contributed by atoms with Crippen molar-refractivity contribution >= 4 is 0 Å². The summed E-state index contributed by atoms with van der Waals surface area (Å²) in [4.78, 5) is 0. The Balaban J connectivity index is 2.75. The SMILES string of the molecule is [CH2]OC(O)CC. The second-order valence-electron chi connectivity index (χ2n) is 1.03. The van der Waals surface area contributed by atoms with Crippen molar-refractivity contribution in [2.45, 2.75) is 19.6 Å². The molecule has 0 aliphatic heterocycles. The van der Waals surface area contributed by atoms with Gasteiger partial charge in [0.05, 0.1) is 7.11 Å². The van der Waals surface area contributed by atoms with Crippen molar-refractivity contribution in [3.8, 4) is 0 Å². The van der Waals surface area contributed by atoms with Crippen LogP contribution in [-0.4, -0.2) is 11.4 Å². The Kier molecular flexibility index (Phi) is 3.08. The van der Waals surface area contributed by atoms with Crippen LogP contribution in [0, 0.1) is 7.11 Å². The van der Waals surface area contributed by atoms with E-state index in [-0.39, 0.29) is 0 Å². The van der Waals surface area contributed by atoms with Gasteiger partial charge >= 0.3 is 0 Å². The van der Waals surface area contributed by atoms with Gasteiger partial charge in [-0.15, -0.1) is 0 Å². The van der Waals surface area contributed by atoms with E-state index < -0.39 is 6.29 Å². The van der Waals surface area contributed by atoms with Crippen LogP contribution in [0.15, 0.2) is 0 Å². The van der Waals surface area contributed by atoms with Crippen molar-refractivity contribution < 1.29 is 9.84 Å². The molecule has 1 unspecified atom stereocenters. The lowest BCUT2D eigenvalue weighted by Crippen LogP contribution is -2.03. The van der Waals surface area contributed by atoms with Gasteiger partial charge in [0.2, 0.25) is 0 Å². The van der Waals surface area contributed by atoms with Crippen molar-refractivity contribution in [2.24, 2.45) is 0 Å². The Bertz CT molecular complexity index is 24.7. The number of rotatable bonds is 2. The molecule has 37 valence electrons. The molecule has 0 aliphatic rings. The Morgan fingerprint density at radius 1 is 2.00 bits per heavy atom. The van der Waals surface area contributed by atoms with Gasteiger partial charge in [-0.1, -0.05) is 6.92 Å². The largest absolute Gasteiger partial charge is 0.368 e. The van der Waals surface area contributed by atoms with E-state index in [1.165, 1.54) is 0 Å². The van der Waals surface area contributed by atoms with Crippen LogP contribution in [0.2, 0.25) is 0 Å². The number of aliphatic hydroxyl groups is 1. The molecule has 0 aromatic heterocycles. The first kappa shape index (κ1) is 5.92. The summed E-state index contributed by atoms with van der Waals surface area (Å²) in [6.45, 7) is 1.82. The lowest BCUT2D eigenvalue weighted by Gasteiger charge is -2.00. The maximum absolute atomic E-state index is 8.38. The molecule has 0 saturated carbocycles. The molecular weight excluding hydrogens is 80.0 g/mol. The van der Waals surface area contributed by atoms with Gasteiger partial charge in [0.1, 0.15) is 0 Å². The molecule has 0 bridgehead atoms. The third-order valence-electron chi connectivity index (χ3n) is 0.542. The van der Waals surface area contributed by atoms with Crippen molar-refractivity contribution in [1.82, 2.24) is 0 Å². The van der Waals surface area contributed by atoms with E-state index in [2.05, 4.69) is 11.8 Å². The molecule has 0 rings (SSSR count). The molecule has 1 radical (unpaired) electrons. The fourth-order valence-corrected chi connectivity index (χ4v) is 0.118. The minimum Gasteiger partial charge on any atom is -0.368 e. The minimum absolute atomic E-state index is 0.601. The Morgan fingerprint density at radius 3 is 2.50 bits per heavy atom. The zero-order valence-electron chi connectivity index (χ0n) is 3.85. The molecule has 0 fully saturated rings. The van der Waals surface area contributed by atoms with Crippen LogP contribution in [0.5, 0.6) is 0 Å². The van der Waals surface area contributed by atoms with Gasteiger partial charge in [-0.25, -0.2) is 0 Å². The average molecular weight is 89.1 g/mol. The summed E-state index contributed by atoms with van der Waals surface area (Å²) in [6.07, 6.45) is -0.0752. The Morgan fingerprint density at radius 2 is 2.50 bits per heavy atom. The van der Waals surface area contributed by atoms with Gasteiger partial charge in [0.25, 0.3) is 0 Å². The standard InChI is InChI=1S/C4H9O2/c1-3-4(5)6-2/h4-5H,2-3H2,1H3. The molecule has 0 aromatic rings. The maximum Gasteiger partial charge on any atom is 0.154 e. The second-order valence-corrected chi connectivity index (χ2v) is 1.03. The first-order valence-corrected chi connectivity index (χ1v) is 1.90.